The van der Waals surface area contributed by atoms with E-state index >= 15 is 0 Å². The van der Waals surface area contributed by atoms with Gasteiger partial charge in [0.05, 0.1) is 11.9 Å². The maximum Gasteiger partial charge on any atom is 0.322 e. The molecule has 1 aromatic rings. The molecule has 0 bridgehead atoms. The molecule has 0 aromatic carbocycles. The number of methoxy groups -OCH3 is 1. The zero-order valence-corrected chi connectivity index (χ0v) is 13.1. The molecule has 8 heteroatoms. The van der Waals surface area contributed by atoms with Crippen molar-refractivity contribution in [2.75, 3.05) is 38.7 Å². The lowest BCUT2D eigenvalue weighted by atomic mass is 10.1. The van der Waals surface area contributed by atoms with Gasteiger partial charge in [0.25, 0.3) is 5.91 Å². The minimum Gasteiger partial charge on any atom is -0.385 e. The summed E-state index contributed by atoms with van der Waals surface area (Å²) in [6, 6.07) is 1.76. The van der Waals surface area contributed by atoms with E-state index in [9.17, 15) is 9.59 Å². The number of nitrogens with zero attached hydrogens (tertiary/aromatic N) is 2. The fourth-order valence-electron chi connectivity index (χ4n) is 2.91. The molecular weight excluding hydrogens is 298 g/mol. The van der Waals surface area contributed by atoms with Crippen LogP contribution in [0.4, 0.5) is 10.5 Å². The first-order valence-electron chi connectivity index (χ1n) is 7.73. The number of piperazine rings is 1. The highest BCUT2D eigenvalue weighted by molar-refractivity contribution is 5.97. The van der Waals surface area contributed by atoms with Gasteiger partial charge in [-0.15, -0.1) is 0 Å². The molecular formula is C15H21N5O3. The number of aromatic nitrogens is 1. The average Bonchev–Trinajstić information content (AvgIpc) is 2.94. The highest BCUT2D eigenvalue weighted by atomic mass is 16.5. The molecule has 1 atom stereocenters. The quantitative estimate of drug-likeness (QED) is 0.735. The summed E-state index contributed by atoms with van der Waals surface area (Å²) in [5, 5.41) is 8.89. The van der Waals surface area contributed by atoms with Crippen LogP contribution in [0.3, 0.4) is 0 Å². The van der Waals surface area contributed by atoms with Crippen molar-refractivity contribution < 1.29 is 14.3 Å². The van der Waals surface area contributed by atoms with Gasteiger partial charge in [-0.1, -0.05) is 0 Å². The largest absolute Gasteiger partial charge is 0.385 e. The molecule has 0 radical (unpaired) electrons. The van der Waals surface area contributed by atoms with Crippen molar-refractivity contribution in [3.8, 4) is 0 Å². The monoisotopic (exact) mass is 319 g/mol. The fourth-order valence-corrected chi connectivity index (χ4v) is 2.91. The normalized spacial score (nSPS) is 20.1. The number of rotatable bonds is 4. The molecule has 2 aliphatic heterocycles. The summed E-state index contributed by atoms with van der Waals surface area (Å²) in [6.45, 7) is 3.26. The van der Waals surface area contributed by atoms with Crippen LogP contribution in [0.1, 0.15) is 22.5 Å². The van der Waals surface area contributed by atoms with E-state index in [0.717, 1.165) is 25.1 Å². The van der Waals surface area contributed by atoms with E-state index in [1.165, 1.54) is 6.20 Å². The van der Waals surface area contributed by atoms with Gasteiger partial charge >= 0.3 is 6.03 Å². The first-order valence-corrected chi connectivity index (χ1v) is 7.73. The van der Waals surface area contributed by atoms with Crippen molar-refractivity contribution in [3.05, 3.63) is 23.5 Å². The van der Waals surface area contributed by atoms with Crippen LogP contribution in [0.5, 0.6) is 0 Å². The molecule has 0 aliphatic carbocycles. The van der Waals surface area contributed by atoms with Crippen molar-refractivity contribution in [2.45, 2.75) is 19.0 Å². The summed E-state index contributed by atoms with van der Waals surface area (Å²) in [4.78, 5) is 30.0. The van der Waals surface area contributed by atoms with Gasteiger partial charge in [-0.3, -0.25) is 4.79 Å². The van der Waals surface area contributed by atoms with Gasteiger partial charge in [0.15, 0.2) is 0 Å². The van der Waals surface area contributed by atoms with Gasteiger partial charge < -0.3 is 25.6 Å². The zero-order valence-electron chi connectivity index (χ0n) is 13.1. The Kier molecular flexibility index (Phi) is 4.73. The Morgan fingerprint density at radius 2 is 2.43 bits per heavy atom. The van der Waals surface area contributed by atoms with E-state index in [-0.39, 0.29) is 18.0 Å². The Morgan fingerprint density at radius 1 is 1.57 bits per heavy atom. The predicted octanol–water partition coefficient (Wildman–Crippen LogP) is 0.167. The molecule has 8 nitrogen and oxygen atoms in total. The third-order valence-corrected chi connectivity index (χ3v) is 4.14. The third-order valence-electron chi connectivity index (χ3n) is 4.14. The van der Waals surface area contributed by atoms with Gasteiger partial charge in [0.2, 0.25) is 0 Å². The highest BCUT2D eigenvalue weighted by Crippen LogP contribution is 2.18. The smallest absolute Gasteiger partial charge is 0.322 e. The summed E-state index contributed by atoms with van der Waals surface area (Å²) in [7, 11) is 1.66. The lowest BCUT2D eigenvalue weighted by Crippen LogP contribution is -2.55. The van der Waals surface area contributed by atoms with Gasteiger partial charge in [0.1, 0.15) is 5.69 Å². The summed E-state index contributed by atoms with van der Waals surface area (Å²) >= 11 is 0. The third kappa shape index (κ3) is 3.43. The second-order valence-electron chi connectivity index (χ2n) is 5.68. The molecule has 3 rings (SSSR count). The number of carbonyl (C=O) groups excluding carboxylic acids is 2. The number of amides is 3. The van der Waals surface area contributed by atoms with Crippen molar-refractivity contribution in [3.63, 3.8) is 0 Å². The molecule has 0 saturated carbocycles. The van der Waals surface area contributed by atoms with E-state index in [0.29, 0.717) is 31.1 Å². The van der Waals surface area contributed by atoms with Crippen LogP contribution in [0.2, 0.25) is 0 Å². The minimum absolute atomic E-state index is 0.106. The van der Waals surface area contributed by atoms with Crippen molar-refractivity contribution in [2.24, 2.45) is 0 Å². The number of urea groups is 1. The van der Waals surface area contributed by atoms with Crippen molar-refractivity contribution >= 4 is 17.6 Å². The van der Waals surface area contributed by atoms with Gasteiger partial charge in [0, 0.05) is 51.5 Å². The lowest BCUT2D eigenvalue weighted by molar-refractivity contribution is 0.0961. The Balaban J connectivity index is 1.67. The molecule has 1 aromatic heterocycles. The number of nitrogens with one attached hydrogen (secondary N) is 3. The molecule has 3 N–H and O–H groups in total. The molecule has 0 spiro atoms. The highest BCUT2D eigenvalue weighted by Gasteiger charge is 2.27. The number of hydrogen-bond donors (Lipinski definition) is 3. The maximum absolute atomic E-state index is 12.5. The predicted molar refractivity (Wildman–Crippen MR) is 84.3 cm³/mol. The van der Waals surface area contributed by atoms with E-state index in [1.807, 2.05) is 4.90 Å². The SMILES string of the molecule is COCCC1CNCCN1C(=O)Nc1cnc2c(c1)CNC2=O. The molecule has 124 valence electrons. The lowest BCUT2D eigenvalue weighted by Gasteiger charge is -2.36. The Hall–Kier alpha value is -2.19. The molecule has 1 fully saturated rings. The van der Waals surface area contributed by atoms with Crippen LogP contribution < -0.4 is 16.0 Å². The second-order valence-corrected chi connectivity index (χ2v) is 5.68. The Labute approximate surface area is 134 Å². The van der Waals surface area contributed by atoms with Gasteiger partial charge in [-0.25, -0.2) is 9.78 Å². The van der Waals surface area contributed by atoms with E-state index in [4.69, 9.17) is 4.74 Å². The Morgan fingerprint density at radius 3 is 3.26 bits per heavy atom. The molecule has 2 aliphatic rings. The van der Waals surface area contributed by atoms with Crippen LogP contribution in [-0.2, 0) is 11.3 Å². The zero-order chi connectivity index (χ0) is 16.2. The maximum atomic E-state index is 12.5. The molecule has 23 heavy (non-hydrogen) atoms. The van der Waals surface area contributed by atoms with Crippen LogP contribution in [0, 0.1) is 0 Å². The second kappa shape index (κ2) is 6.93. The van der Waals surface area contributed by atoms with Crippen LogP contribution in [-0.4, -0.2) is 61.2 Å². The van der Waals surface area contributed by atoms with E-state index in [2.05, 4.69) is 20.9 Å². The fraction of sp³-hybridized carbons (Fsp3) is 0.533. The molecule has 3 heterocycles. The van der Waals surface area contributed by atoms with Crippen LogP contribution >= 0.6 is 0 Å². The van der Waals surface area contributed by atoms with E-state index < -0.39 is 0 Å². The summed E-state index contributed by atoms with van der Waals surface area (Å²) in [6.07, 6.45) is 2.31. The van der Waals surface area contributed by atoms with Crippen LogP contribution in [0.25, 0.3) is 0 Å². The topological polar surface area (TPSA) is 95.6 Å². The Bertz CT molecular complexity index is 607. The molecule has 1 unspecified atom stereocenters. The summed E-state index contributed by atoms with van der Waals surface area (Å²) in [5.74, 6) is -0.167. The molecule has 1 saturated heterocycles. The molecule has 3 amide bonds. The van der Waals surface area contributed by atoms with Gasteiger partial charge in [-0.05, 0) is 12.5 Å². The minimum atomic E-state index is -0.167. The van der Waals surface area contributed by atoms with Crippen molar-refractivity contribution in [1.82, 2.24) is 20.5 Å². The average molecular weight is 319 g/mol. The first kappa shape index (κ1) is 15.7. The van der Waals surface area contributed by atoms with E-state index in [1.54, 1.807) is 13.2 Å². The summed E-state index contributed by atoms with van der Waals surface area (Å²) < 4.78 is 5.12. The van der Waals surface area contributed by atoms with Gasteiger partial charge in [-0.2, -0.15) is 0 Å². The number of anilines is 1. The number of ether oxygens (including phenoxy) is 1. The number of carbonyl (C=O) groups is 2. The number of hydrogen-bond acceptors (Lipinski definition) is 5. The standard InChI is InChI=1S/C15H21N5O3/c1-23-5-2-12-9-16-3-4-20(12)15(22)19-11-6-10-7-18-14(21)13(10)17-8-11/h6,8,12,16H,2-5,7,9H2,1H3,(H,18,21)(H,19,22). The number of pyridine rings is 1. The van der Waals surface area contributed by atoms with Crippen LogP contribution in [0.15, 0.2) is 12.3 Å². The van der Waals surface area contributed by atoms with Crippen molar-refractivity contribution in [1.29, 1.82) is 0 Å². The number of fused-ring (bicyclic) bond motifs is 1. The first-order chi connectivity index (χ1) is 11.2. The summed E-state index contributed by atoms with van der Waals surface area (Å²) in [5.41, 5.74) is 1.85.